The molecule has 2 N–H and O–H groups in total. The van der Waals surface area contributed by atoms with Gasteiger partial charge < -0.3 is 15.2 Å². The molecule has 0 spiro atoms. The summed E-state index contributed by atoms with van der Waals surface area (Å²) in [6.45, 7) is 4.83. The number of ether oxygens (including phenoxy) is 1. The van der Waals surface area contributed by atoms with Crippen molar-refractivity contribution in [1.29, 1.82) is 0 Å². The Kier molecular flexibility index (Phi) is 4.72. The van der Waals surface area contributed by atoms with E-state index in [-0.39, 0.29) is 17.7 Å². The Morgan fingerprint density at radius 1 is 1.62 bits per heavy atom. The van der Waals surface area contributed by atoms with E-state index in [1.54, 1.807) is 0 Å². The molecule has 1 aromatic heterocycles. The van der Waals surface area contributed by atoms with Gasteiger partial charge in [-0.3, -0.25) is 9.78 Å². The second-order valence-electron chi connectivity index (χ2n) is 3.47. The Hall–Kier alpha value is -1.62. The van der Waals surface area contributed by atoms with E-state index in [1.165, 1.54) is 18.5 Å². The fraction of sp³-hybridized carbons (Fsp3) is 0.455. The molecule has 0 aliphatic carbocycles. The highest BCUT2D eigenvalue weighted by atomic mass is 16.5. The van der Waals surface area contributed by atoms with Crippen molar-refractivity contribution in [1.82, 2.24) is 10.3 Å². The molecule has 1 unspecified atom stereocenters. The van der Waals surface area contributed by atoms with Gasteiger partial charge in [-0.05, 0) is 19.9 Å². The third-order valence-corrected chi connectivity index (χ3v) is 1.94. The van der Waals surface area contributed by atoms with Crippen molar-refractivity contribution in [2.45, 2.75) is 19.9 Å². The van der Waals surface area contributed by atoms with Gasteiger partial charge in [0.1, 0.15) is 5.75 Å². The van der Waals surface area contributed by atoms with Gasteiger partial charge in [0.15, 0.2) is 0 Å². The summed E-state index contributed by atoms with van der Waals surface area (Å²) in [5, 5.41) is 11.9. The molecule has 0 saturated heterocycles. The molecule has 1 rings (SSSR count). The summed E-state index contributed by atoms with van der Waals surface area (Å²) in [7, 11) is 0. The number of aromatic nitrogens is 1. The van der Waals surface area contributed by atoms with Gasteiger partial charge in [0.2, 0.25) is 0 Å². The molecular formula is C11H16N2O3. The van der Waals surface area contributed by atoms with E-state index >= 15 is 0 Å². The Morgan fingerprint density at radius 2 is 2.38 bits per heavy atom. The zero-order chi connectivity index (χ0) is 12.0. The van der Waals surface area contributed by atoms with Crippen molar-refractivity contribution in [3.05, 3.63) is 24.0 Å². The molecule has 1 aromatic rings. The third kappa shape index (κ3) is 3.86. The van der Waals surface area contributed by atoms with Crippen LogP contribution in [0.3, 0.4) is 0 Å². The van der Waals surface area contributed by atoms with Crippen LogP contribution >= 0.6 is 0 Å². The molecule has 16 heavy (non-hydrogen) atoms. The normalized spacial score (nSPS) is 12.1. The summed E-state index contributed by atoms with van der Waals surface area (Å²) in [6, 6.07) is 1.30. The van der Waals surface area contributed by atoms with Gasteiger partial charge in [-0.2, -0.15) is 0 Å². The van der Waals surface area contributed by atoms with Crippen LogP contribution in [-0.4, -0.2) is 35.3 Å². The minimum absolute atomic E-state index is 0.0230. The van der Waals surface area contributed by atoms with E-state index < -0.39 is 0 Å². The Bertz CT molecular complexity index is 355. The van der Waals surface area contributed by atoms with Crippen LogP contribution in [0.5, 0.6) is 5.75 Å². The van der Waals surface area contributed by atoms with Crippen LogP contribution in [0.1, 0.15) is 24.2 Å². The maximum absolute atomic E-state index is 11.7. The van der Waals surface area contributed by atoms with Gasteiger partial charge in [-0.1, -0.05) is 0 Å². The van der Waals surface area contributed by atoms with Crippen LogP contribution in [0.4, 0.5) is 0 Å². The van der Waals surface area contributed by atoms with Gasteiger partial charge in [-0.15, -0.1) is 0 Å². The van der Waals surface area contributed by atoms with Gasteiger partial charge >= 0.3 is 0 Å². The predicted octanol–water partition coefficient (Wildman–Crippen LogP) is 0.942. The molecule has 88 valence electrons. The monoisotopic (exact) mass is 224 g/mol. The second-order valence-corrected chi connectivity index (χ2v) is 3.47. The summed E-state index contributed by atoms with van der Waals surface area (Å²) in [4.78, 5) is 15.4. The maximum Gasteiger partial charge on any atom is 0.253 e. The largest absolute Gasteiger partial charge is 0.506 e. The lowest BCUT2D eigenvalue weighted by atomic mass is 10.2. The SMILES string of the molecule is CCOCC(C)NC(=O)c1cncc(O)c1. The van der Waals surface area contributed by atoms with Crippen LogP contribution in [-0.2, 0) is 4.74 Å². The molecule has 1 atom stereocenters. The van der Waals surface area contributed by atoms with Crippen molar-refractivity contribution in [3.63, 3.8) is 0 Å². The number of pyridine rings is 1. The summed E-state index contributed by atoms with van der Waals surface area (Å²) >= 11 is 0. The molecule has 0 fully saturated rings. The van der Waals surface area contributed by atoms with E-state index in [1.807, 2.05) is 13.8 Å². The number of rotatable bonds is 5. The molecule has 5 nitrogen and oxygen atoms in total. The Labute approximate surface area is 94.5 Å². The van der Waals surface area contributed by atoms with E-state index in [2.05, 4.69) is 10.3 Å². The molecule has 0 aliphatic heterocycles. The number of carbonyl (C=O) groups excluding carboxylic acids is 1. The van der Waals surface area contributed by atoms with Crippen molar-refractivity contribution in [2.75, 3.05) is 13.2 Å². The number of aromatic hydroxyl groups is 1. The average Bonchev–Trinajstić information content (AvgIpc) is 2.26. The van der Waals surface area contributed by atoms with Gasteiger partial charge in [0.25, 0.3) is 5.91 Å². The summed E-state index contributed by atoms with van der Waals surface area (Å²) in [6.07, 6.45) is 2.68. The van der Waals surface area contributed by atoms with Crippen LogP contribution in [0.25, 0.3) is 0 Å². The number of nitrogens with zero attached hydrogens (tertiary/aromatic N) is 1. The summed E-state index contributed by atoms with van der Waals surface area (Å²) in [5.41, 5.74) is 0.336. The lowest BCUT2D eigenvalue weighted by Crippen LogP contribution is -2.35. The molecule has 1 heterocycles. The lowest BCUT2D eigenvalue weighted by Gasteiger charge is -2.13. The number of hydrogen-bond acceptors (Lipinski definition) is 4. The number of nitrogens with one attached hydrogen (secondary N) is 1. The maximum atomic E-state index is 11.7. The lowest BCUT2D eigenvalue weighted by molar-refractivity contribution is 0.0871. The minimum atomic E-state index is -0.268. The zero-order valence-electron chi connectivity index (χ0n) is 9.43. The number of amides is 1. The first-order valence-corrected chi connectivity index (χ1v) is 5.16. The van der Waals surface area contributed by atoms with Crippen LogP contribution < -0.4 is 5.32 Å². The topological polar surface area (TPSA) is 71.5 Å². The highest BCUT2D eigenvalue weighted by molar-refractivity contribution is 5.94. The fourth-order valence-electron chi connectivity index (χ4n) is 1.20. The molecule has 5 heteroatoms. The standard InChI is InChI=1S/C11H16N2O3/c1-3-16-7-8(2)13-11(15)9-4-10(14)6-12-5-9/h4-6,8,14H,3,7H2,1-2H3,(H,13,15). The molecule has 0 aliphatic rings. The highest BCUT2D eigenvalue weighted by Gasteiger charge is 2.10. The third-order valence-electron chi connectivity index (χ3n) is 1.94. The van der Waals surface area contributed by atoms with Gasteiger partial charge in [0, 0.05) is 18.8 Å². The molecule has 0 saturated carbocycles. The van der Waals surface area contributed by atoms with Crippen molar-refractivity contribution < 1.29 is 14.6 Å². The van der Waals surface area contributed by atoms with Crippen molar-refractivity contribution in [3.8, 4) is 5.75 Å². The smallest absolute Gasteiger partial charge is 0.253 e. The number of carbonyl (C=O) groups is 1. The number of hydrogen-bond donors (Lipinski definition) is 2. The minimum Gasteiger partial charge on any atom is -0.506 e. The van der Waals surface area contributed by atoms with Crippen LogP contribution in [0, 0.1) is 0 Å². The van der Waals surface area contributed by atoms with Gasteiger partial charge in [0.05, 0.1) is 18.4 Å². The highest BCUT2D eigenvalue weighted by Crippen LogP contribution is 2.08. The van der Waals surface area contributed by atoms with Crippen LogP contribution in [0.2, 0.25) is 0 Å². The first kappa shape index (κ1) is 12.4. The van der Waals surface area contributed by atoms with Crippen molar-refractivity contribution in [2.24, 2.45) is 0 Å². The quantitative estimate of drug-likeness (QED) is 0.780. The molecule has 1 amide bonds. The van der Waals surface area contributed by atoms with E-state index in [0.717, 1.165) is 0 Å². The Balaban J connectivity index is 2.52. The fourth-order valence-corrected chi connectivity index (χ4v) is 1.20. The van der Waals surface area contributed by atoms with E-state index in [0.29, 0.717) is 18.8 Å². The molecule has 0 radical (unpaired) electrons. The Morgan fingerprint density at radius 3 is 3.00 bits per heavy atom. The van der Waals surface area contributed by atoms with E-state index in [9.17, 15) is 9.90 Å². The predicted molar refractivity (Wildman–Crippen MR) is 59.3 cm³/mol. The molecule has 0 bridgehead atoms. The van der Waals surface area contributed by atoms with Crippen molar-refractivity contribution >= 4 is 5.91 Å². The average molecular weight is 224 g/mol. The van der Waals surface area contributed by atoms with Gasteiger partial charge in [-0.25, -0.2) is 0 Å². The molecule has 0 aromatic carbocycles. The zero-order valence-corrected chi connectivity index (χ0v) is 9.43. The summed E-state index contributed by atoms with van der Waals surface area (Å²) < 4.78 is 5.18. The van der Waals surface area contributed by atoms with E-state index in [4.69, 9.17) is 4.74 Å². The van der Waals surface area contributed by atoms with Crippen LogP contribution in [0.15, 0.2) is 18.5 Å². The summed E-state index contributed by atoms with van der Waals surface area (Å²) in [5.74, 6) is -0.291. The first-order valence-electron chi connectivity index (χ1n) is 5.16. The first-order chi connectivity index (χ1) is 7.63. The second kappa shape index (κ2) is 6.07. The molecular weight excluding hydrogens is 208 g/mol.